The van der Waals surface area contributed by atoms with Gasteiger partial charge in [0.25, 0.3) is 0 Å². The van der Waals surface area contributed by atoms with Gasteiger partial charge < -0.3 is 15.4 Å². The van der Waals surface area contributed by atoms with Gasteiger partial charge in [-0.05, 0) is 18.9 Å². The SMILES string of the molecule is CC(C)COc1ccccc1CNC1=NCC(C)N1. The summed E-state index contributed by atoms with van der Waals surface area (Å²) in [4.78, 5) is 4.39. The van der Waals surface area contributed by atoms with Crippen LogP contribution in [-0.4, -0.2) is 25.2 Å². The Labute approximate surface area is 115 Å². The summed E-state index contributed by atoms with van der Waals surface area (Å²) in [6.45, 7) is 8.74. The average molecular weight is 261 g/mol. The quantitative estimate of drug-likeness (QED) is 0.854. The first-order valence-electron chi connectivity index (χ1n) is 6.90. The maximum absolute atomic E-state index is 5.83. The van der Waals surface area contributed by atoms with Crippen molar-refractivity contribution in [2.75, 3.05) is 13.2 Å². The molecule has 0 aliphatic carbocycles. The lowest BCUT2D eigenvalue weighted by atomic mass is 10.2. The summed E-state index contributed by atoms with van der Waals surface area (Å²) in [5.41, 5.74) is 1.16. The lowest BCUT2D eigenvalue weighted by Crippen LogP contribution is -2.37. The zero-order valence-corrected chi connectivity index (χ0v) is 11.9. The van der Waals surface area contributed by atoms with Gasteiger partial charge in [-0.15, -0.1) is 0 Å². The molecule has 0 fully saturated rings. The van der Waals surface area contributed by atoms with Gasteiger partial charge in [0, 0.05) is 18.2 Å². The molecule has 0 bridgehead atoms. The number of rotatable bonds is 5. The Morgan fingerprint density at radius 1 is 1.42 bits per heavy atom. The second-order valence-electron chi connectivity index (χ2n) is 5.40. The summed E-state index contributed by atoms with van der Waals surface area (Å²) in [5, 5.41) is 6.61. The molecule has 1 aliphatic rings. The highest BCUT2D eigenvalue weighted by molar-refractivity contribution is 5.81. The molecule has 2 rings (SSSR count). The number of hydrogen-bond donors (Lipinski definition) is 2. The molecule has 4 heteroatoms. The molecule has 0 saturated heterocycles. The molecule has 1 unspecified atom stereocenters. The van der Waals surface area contributed by atoms with Crippen LogP contribution in [0.2, 0.25) is 0 Å². The lowest BCUT2D eigenvalue weighted by molar-refractivity contribution is 0.268. The highest BCUT2D eigenvalue weighted by Gasteiger charge is 2.12. The van der Waals surface area contributed by atoms with E-state index in [0.29, 0.717) is 12.0 Å². The Kier molecular flexibility index (Phi) is 4.66. The van der Waals surface area contributed by atoms with E-state index in [-0.39, 0.29) is 0 Å². The van der Waals surface area contributed by atoms with Crippen molar-refractivity contribution in [2.24, 2.45) is 10.9 Å². The minimum Gasteiger partial charge on any atom is -0.493 e. The first kappa shape index (κ1) is 13.7. The van der Waals surface area contributed by atoms with Crippen LogP contribution in [0.25, 0.3) is 0 Å². The van der Waals surface area contributed by atoms with Gasteiger partial charge in [0.2, 0.25) is 0 Å². The van der Waals surface area contributed by atoms with Crippen molar-refractivity contribution in [1.29, 1.82) is 0 Å². The van der Waals surface area contributed by atoms with Crippen LogP contribution < -0.4 is 15.4 Å². The van der Waals surface area contributed by atoms with E-state index in [1.165, 1.54) is 0 Å². The molecular formula is C15H23N3O. The molecule has 4 nitrogen and oxygen atoms in total. The van der Waals surface area contributed by atoms with Gasteiger partial charge in [0.15, 0.2) is 5.96 Å². The normalized spacial score (nSPS) is 18.1. The standard InChI is InChI=1S/C15H23N3O/c1-11(2)10-19-14-7-5-4-6-13(14)9-17-15-16-8-12(3)18-15/h4-7,11-12H,8-10H2,1-3H3,(H2,16,17,18). The van der Waals surface area contributed by atoms with E-state index in [4.69, 9.17) is 4.74 Å². The van der Waals surface area contributed by atoms with Crippen LogP contribution in [0.3, 0.4) is 0 Å². The predicted molar refractivity (Wildman–Crippen MR) is 78.5 cm³/mol. The van der Waals surface area contributed by atoms with Gasteiger partial charge in [-0.25, -0.2) is 0 Å². The molecular weight excluding hydrogens is 238 g/mol. The number of benzene rings is 1. The lowest BCUT2D eigenvalue weighted by Gasteiger charge is -2.14. The van der Waals surface area contributed by atoms with Crippen molar-refractivity contribution in [1.82, 2.24) is 10.6 Å². The average Bonchev–Trinajstić information content (AvgIpc) is 2.80. The summed E-state index contributed by atoms with van der Waals surface area (Å²) >= 11 is 0. The summed E-state index contributed by atoms with van der Waals surface area (Å²) < 4.78 is 5.83. The van der Waals surface area contributed by atoms with E-state index in [2.05, 4.69) is 42.5 Å². The third kappa shape index (κ3) is 4.16. The van der Waals surface area contributed by atoms with Crippen molar-refractivity contribution in [3.8, 4) is 5.75 Å². The second-order valence-corrected chi connectivity index (χ2v) is 5.40. The number of nitrogens with one attached hydrogen (secondary N) is 2. The van der Waals surface area contributed by atoms with E-state index in [9.17, 15) is 0 Å². The number of ether oxygens (including phenoxy) is 1. The number of para-hydroxylation sites is 1. The van der Waals surface area contributed by atoms with Crippen molar-refractivity contribution in [3.05, 3.63) is 29.8 Å². The number of hydrogen-bond acceptors (Lipinski definition) is 4. The molecule has 1 aromatic carbocycles. The Balaban J connectivity index is 1.92. The van der Waals surface area contributed by atoms with Crippen LogP contribution >= 0.6 is 0 Å². The van der Waals surface area contributed by atoms with Crippen LogP contribution in [-0.2, 0) is 6.54 Å². The predicted octanol–water partition coefficient (Wildman–Crippen LogP) is 2.16. The molecule has 0 saturated carbocycles. The van der Waals surface area contributed by atoms with Crippen LogP contribution in [0.1, 0.15) is 26.3 Å². The van der Waals surface area contributed by atoms with Crippen LogP contribution in [0, 0.1) is 5.92 Å². The second kappa shape index (κ2) is 6.45. The summed E-state index contributed by atoms with van der Waals surface area (Å²) in [7, 11) is 0. The van der Waals surface area contributed by atoms with E-state index < -0.39 is 0 Å². The zero-order chi connectivity index (χ0) is 13.7. The molecule has 1 aliphatic heterocycles. The van der Waals surface area contributed by atoms with Crippen LogP contribution in [0.5, 0.6) is 5.75 Å². The van der Waals surface area contributed by atoms with Gasteiger partial charge in [-0.2, -0.15) is 0 Å². The Morgan fingerprint density at radius 3 is 2.89 bits per heavy atom. The molecule has 104 valence electrons. The molecule has 0 aromatic heterocycles. The monoisotopic (exact) mass is 261 g/mol. The Hall–Kier alpha value is -1.71. The fraction of sp³-hybridized carbons (Fsp3) is 0.533. The van der Waals surface area contributed by atoms with E-state index in [1.807, 2.05) is 18.2 Å². The van der Waals surface area contributed by atoms with E-state index in [0.717, 1.165) is 37.0 Å². The minimum absolute atomic E-state index is 0.426. The summed E-state index contributed by atoms with van der Waals surface area (Å²) in [6, 6.07) is 8.57. The topological polar surface area (TPSA) is 45.6 Å². The first-order valence-corrected chi connectivity index (χ1v) is 6.90. The first-order chi connectivity index (χ1) is 9.15. The Bertz CT molecular complexity index is 443. The van der Waals surface area contributed by atoms with Crippen LogP contribution in [0.15, 0.2) is 29.3 Å². The highest BCUT2D eigenvalue weighted by atomic mass is 16.5. The van der Waals surface area contributed by atoms with Crippen molar-refractivity contribution in [3.63, 3.8) is 0 Å². The molecule has 0 amide bonds. The Morgan fingerprint density at radius 2 is 2.21 bits per heavy atom. The molecule has 1 heterocycles. The third-order valence-electron chi connectivity index (χ3n) is 2.90. The zero-order valence-electron chi connectivity index (χ0n) is 11.9. The fourth-order valence-electron chi connectivity index (χ4n) is 1.89. The smallest absolute Gasteiger partial charge is 0.191 e. The number of aliphatic imine (C=N–C) groups is 1. The molecule has 0 radical (unpaired) electrons. The number of nitrogens with zero attached hydrogens (tertiary/aromatic N) is 1. The van der Waals surface area contributed by atoms with Crippen molar-refractivity contribution < 1.29 is 4.74 Å². The van der Waals surface area contributed by atoms with Gasteiger partial charge in [-0.3, -0.25) is 4.99 Å². The fourth-order valence-corrected chi connectivity index (χ4v) is 1.89. The number of guanidine groups is 1. The van der Waals surface area contributed by atoms with E-state index in [1.54, 1.807) is 0 Å². The van der Waals surface area contributed by atoms with Gasteiger partial charge in [0.1, 0.15) is 5.75 Å². The van der Waals surface area contributed by atoms with Gasteiger partial charge in [0.05, 0.1) is 13.2 Å². The van der Waals surface area contributed by atoms with E-state index >= 15 is 0 Å². The molecule has 2 N–H and O–H groups in total. The molecule has 1 aromatic rings. The summed E-state index contributed by atoms with van der Waals surface area (Å²) in [6.07, 6.45) is 0. The van der Waals surface area contributed by atoms with Crippen molar-refractivity contribution in [2.45, 2.75) is 33.4 Å². The third-order valence-corrected chi connectivity index (χ3v) is 2.90. The molecule has 1 atom stereocenters. The molecule has 19 heavy (non-hydrogen) atoms. The summed E-state index contributed by atoms with van der Waals surface area (Å²) in [5.74, 6) is 2.37. The maximum atomic E-state index is 5.83. The largest absolute Gasteiger partial charge is 0.493 e. The van der Waals surface area contributed by atoms with Gasteiger partial charge in [-0.1, -0.05) is 32.0 Å². The van der Waals surface area contributed by atoms with Crippen LogP contribution in [0.4, 0.5) is 0 Å². The highest BCUT2D eigenvalue weighted by Crippen LogP contribution is 2.18. The minimum atomic E-state index is 0.426. The van der Waals surface area contributed by atoms with Gasteiger partial charge >= 0.3 is 0 Å². The maximum Gasteiger partial charge on any atom is 0.191 e. The van der Waals surface area contributed by atoms with Crippen molar-refractivity contribution >= 4 is 5.96 Å². The molecule has 0 spiro atoms.